The molecule has 8 heteroatoms. The molecule has 0 unspecified atom stereocenters. The van der Waals surface area contributed by atoms with Crippen LogP contribution in [0.4, 0.5) is 8.78 Å². The Kier molecular flexibility index (Phi) is 5.59. The van der Waals surface area contributed by atoms with E-state index >= 15 is 0 Å². The van der Waals surface area contributed by atoms with Gasteiger partial charge in [0.1, 0.15) is 17.3 Å². The average molecular weight is 465 g/mol. The van der Waals surface area contributed by atoms with Gasteiger partial charge in [0.05, 0.1) is 24.1 Å². The maximum absolute atomic E-state index is 14.3. The number of hydrogen-bond donors (Lipinski definition) is 1. The molecule has 5 rings (SSSR count). The lowest BCUT2D eigenvalue weighted by Gasteiger charge is -2.32. The Hall–Kier alpha value is -3.68. The monoisotopic (exact) mass is 464 g/mol. The van der Waals surface area contributed by atoms with E-state index in [1.807, 2.05) is 23.1 Å². The molecule has 0 atom stereocenters. The zero-order chi connectivity index (χ0) is 24.0. The van der Waals surface area contributed by atoms with Crippen molar-refractivity contribution < 1.29 is 18.3 Å². The minimum absolute atomic E-state index is 0.109. The number of hydrogen-bond acceptors (Lipinski definition) is 3. The predicted octanol–water partition coefficient (Wildman–Crippen LogP) is 5.28. The summed E-state index contributed by atoms with van der Waals surface area (Å²) in [7, 11) is 1.66. The highest BCUT2D eigenvalue weighted by atomic mass is 19.1. The minimum atomic E-state index is -0.722. The molecule has 1 N–H and O–H groups in total. The topological polar surface area (TPSA) is 63.1 Å². The Labute approximate surface area is 196 Å². The van der Waals surface area contributed by atoms with Crippen LogP contribution < -0.4 is 4.74 Å². The summed E-state index contributed by atoms with van der Waals surface area (Å²) in [5.41, 5.74) is 3.97. The Morgan fingerprint density at radius 2 is 1.88 bits per heavy atom. The van der Waals surface area contributed by atoms with E-state index in [0.717, 1.165) is 35.6 Å². The molecule has 1 aliphatic rings. The Morgan fingerprint density at radius 3 is 2.59 bits per heavy atom. The van der Waals surface area contributed by atoms with Gasteiger partial charge in [-0.25, -0.2) is 13.5 Å². The zero-order valence-corrected chi connectivity index (χ0v) is 19.4. The molecule has 2 aromatic carbocycles. The molecule has 1 fully saturated rings. The third-order valence-corrected chi connectivity index (χ3v) is 6.79. The van der Waals surface area contributed by atoms with Gasteiger partial charge in [0.25, 0.3) is 5.91 Å². The van der Waals surface area contributed by atoms with Crippen molar-refractivity contribution in [3.05, 3.63) is 76.7 Å². The molecule has 2 aromatic heterocycles. The van der Waals surface area contributed by atoms with Gasteiger partial charge in [-0.3, -0.25) is 4.79 Å². The Morgan fingerprint density at radius 1 is 1.12 bits per heavy atom. The van der Waals surface area contributed by atoms with Crippen LogP contribution in [0.15, 0.2) is 42.6 Å². The number of H-pyrrole nitrogens is 1. The van der Waals surface area contributed by atoms with Gasteiger partial charge in [-0.1, -0.05) is 0 Å². The summed E-state index contributed by atoms with van der Waals surface area (Å²) in [6, 6.07) is 9.34. The van der Waals surface area contributed by atoms with Crippen LogP contribution in [0.2, 0.25) is 0 Å². The number of aromatic nitrogens is 3. The van der Waals surface area contributed by atoms with E-state index in [1.165, 1.54) is 22.4 Å². The van der Waals surface area contributed by atoms with Crippen LogP contribution in [0.5, 0.6) is 5.75 Å². The number of piperidine rings is 1. The number of fused-ring (bicyclic) bond motifs is 1. The first kappa shape index (κ1) is 22.1. The number of amides is 1. The molecule has 1 aliphatic heterocycles. The molecule has 176 valence electrons. The average Bonchev–Trinajstić information content (AvgIpc) is 3.38. The van der Waals surface area contributed by atoms with E-state index in [-0.39, 0.29) is 11.6 Å². The molecule has 34 heavy (non-hydrogen) atoms. The predicted molar refractivity (Wildman–Crippen MR) is 126 cm³/mol. The summed E-state index contributed by atoms with van der Waals surface area (Å²) in [4.78, 5) is 18.6. The minimum Gasteiger partial charge on any atom is -0.497 e. The highest BCUT2D eigenvalue weighted by Crippen LogP contribution is 2.35. The molecule has 0 aliphatic carbocycles. The van der Waals surface area contributed by atoms with E-state index in [2.05, 4.69) is 16.3 Å². The van der Waals surface area contributed by atoms with E-state index in [9.17, 15) is 13.6 Å². The molecule has 4 aromatic rings. The first-order valence-electron chi connectivity index (χ1n) is 11.3. The summed E-state index contributed by atoms with van der Waals surface area (Å²) in [5, 5.41) is 5.53. The number of ether oxygens (including phenoxy) is 1. The van der Waals surface area contributed by atoms with Crippen molar-refractivity contribution in [3.63, 3.8) is 0 Å². The number of aryl methyl sites for hydroxylation is 1. The standard InChI is InChI=1S/C26H26F2N4O2/c1-15-25(16(2)32(30-15)24-7-4-18(27)12-22(24)28)26(33)31-10-8-17(9-11-31)21-14-29-23-6-5-19(34-3)13-20(21)23/h4-7,12-14,17,29H,8-11H2,1-3H3. The Balaban J connectivity index is 1.35. The molecule has 1 saturated heterocycles. The van der Waals surface area contributed by atoms with Crippen molar-refractivity contribution in [1.29, 1.82) is 0 Å². The first-order valence-corrected chi connectivity index (χ1v) is 11.3. The van der Waals surface area contributed by atoms with Gasteiger partial charge in [-0.05, 0) is 68.5 Å². The SMILES string of the molecule is COc1ccc2[nH]cc(C3CCN(C(=O)c4c(C)nn(-c5ccc(F)cc5F)c4C)CC3)c2c1. The number of likely N-dealkylation sites (tertiary alicyclic amines) is 1. The molecule has 0 radical (unpaired) electrons. The lowest BCUT2D eigenvalue weighted by atomic mass is 9.89. The van der Waals surface area contributed by atoms with Crippen LogP contribution in [-0.2, 0) is 0 Å². The fourth-order valence-corrected chi connectivity index (χ4v) is 4.98. The second-order valence-electron chi connectivity index (χ2n) is 8.78. The Bertz CT molecular complexity index is 1380. The van der Waals surface area contributed by atoms with Crippen LogP contribution in [0.25, 0.3) is 16.6 Å². The van der Waals surface area contributed by atoms with Crippen molar-refractivity contribution in [2.75, 3.05) is 20.2 Å². The number of carbonyl (C=O) groups excluding carboxylic acids is 1. The number of aromatic amines is 1. The molecule has 0 bridgehead atoms. The number of nitrogens with zero attached hydrogens (tertiary/aromatic N) is 3. The van der Waals surface area contributed by atoms with Crippen molar-refractivity contribution in [2.24, 2.45) is 0 Å². The fraction of sp³-hybridized carbons (Fsp3) is 0.308. The number of rotatable bonds is 4. The molecule has 3 heterocycles. The van der Waals surface area contributed by atoms with E-state index in [0.29, 0.717) is 36.0 Å². The summed E-state index contributed by atoms with van der Waals surface area (Å²) in [6.07, 6.45) is 3.74. The van der Waals surface area contributed by atoms with Gasteiger partial charge >= 0.3 is 0 Å². The van der Waals surface area contributed by atoms with Crippen molar-refractivity contribution in [3.8, 4) is 11.4 Å². The largest absolute Gasteiger partial charge is 0.497 e. The fourth-order valence-electron chi connectivity index (χ4n) is 4.98. The second-order valence-corrected chi connectivity index (χ2v) is 8.78. The van der Waals surface area contributed by atoms with Crippen molar-refractivity contribution in [1.82, 2.24) is 19.7 Å². The van der Waals surface area contributed by atoms with Crippen molar-refractivity contribution in [2.45, 2.75) is 32.6 Å². The third kappa shape index (κ3) is 3.73. The van der Waals surface area contributed by atoms with Crippen LogP contribution in [0.1, 0.15) is 46.1 Å². The molecular weight excluding hydrogens is 438 g/mol. The molecular formula is C26H26F2N4O2. The quantitative estimate of drug-likeness (QED) is 0.447. The summed E-state index contributed by atoms with van der Waals surface area (Å²) >= 11 is 0. The number of nitrogens with one attached hydrogen (secondary N) is 1. The molecule has 6 nitrogen and oxygen atoms in total. The normalized spacial score (nSPS) is 14.7. The van der Waals surface area contributed by atoms with Gasteiger partial charge in [-0.15, -0.1) is 0 Å². The highest BCUT2D eigenvalue weighted by Gasteiger charge is 2.29. The van der Waals surface area contributed by atoms with Gasteiger partial charge < -0.3 is 14.6 Å². The van der Waals surface area contributed by atoms with Crippen molar-refractivity contribution >= 4 is 16.8 Å². The van der Waals surface area contributed by atoms with Crippen LogP contribution in [0, 0.1) is 25.5 Å². The number of carbonyl (C=O) groups is 1. The van der Waals surface area contributed by atoms with Crippen LogP contribution >= 0.6 is 0 Å². The summed E-state index contributed by atoms with van der Waals surface area (Å²) < 4.78 is 34.4. The molecule has 0 saturated carbocycles. The number of methoxy groups -OCH3 is 1. The third-order valence-electron chi connectivity index (χ3n) is 6.79. The number of halogens is 2. The lowest BCUT2D eigenvalue weighted by Crippen LogP contribution is -2.38. The first-order chi connectivity index (χ1) is 16.4. The maximum atomic E-state index is 14.3. The highest BCUT2D eigenvalue weighted by molar-refractivity contribution is 5.96. The van der Waals surface area contributed by atoms with Gasteiger partial charge in [-0.2, -0.15) is 5.10 Å². The molecule has 0 spiro atoms. The van der Waals surface area contributed by atoms with Gasteiger partial charge in [0.15, 0.2) is 5.82 Å². The van der Waals surface area contributed by atoms with Crippen LogP contribution in [0.3, 0.4) is 0 Å². The lowest BCUT2D eigenvalue weighted by molar-refractivity contribution is 0.0712. The smallest absolute Gasteiger partial charge is 0.257 e. The van der Waals surface area contributed by atoms with Crippen LogP contribution in [-0.4, -0.2) is 45.8 Å². The van der Waals surface area contributed by atoms with E-state index in [4.69, 9.17) is 4.74 Å². The summed E-state index contributed by atoms with van der Waals surface area (Å²) in [6.45, 7) is 4.72. The number of benzene rings is 2. The second kappa shape index (κ2) is 8.59. The van der Waals surface area contributed by atoms with E-state index < -0.39 is 11.6 Å². The zero-order valence-electron chi connectivity index (χ0n) is 19.4. The van der Waals surface area contributed by atoms with Gasteiger partial charge in [0, 0.05) is 36.3 Å². The van der Waals surface area contributed by atoms with E-state index in [1.54, 1.807) is 21.0 Å². The molecule has 1 amide bonds. The summed E-state index contributed by atoms with van der Waals surface area (Å²) in [5.74, 6) is -0.330. The van der Waals surface area contributed by atoms with Gasteiger partial charge in [0.2, 0.25) is 0 Å². The maximum Gasteiger partial charge on any atom is 0.257 e.